The molecule has 3 rings (SSSR count). The Labute approximate surface area is 130 Å². The highest BCUT2D eigenvalue weighted by atomic mass is 32.1. The van der Waals surface area contributed by atoms with Crippen LogP contribution in [0.3, 0.4) is 0 Å². The zero-order chi connectivity index (χ0) is 16.0. The Morgan fingerprint density at radius 3 is 2.73 bits per heavy atom. The zero-order valence-electron chi connectivity index (χ0n) is 11.7. The molecule has 0 aromatic carbocycles. The molecule has 4 N–H and O–H groups in total. The molecule has 2 aromatic heterocycles. The van der Waals surface area contributed by atoms with E-state index in [1.165, 1.54) is 0 Å². The van der Waals surface area contributed by atoms with Crippen LogP contribution in [-0.4, -0.2) is 50.2 Å². The predicted octanol–water partition coefficient (Wildman–Crippen LogP) is 0.894. The van der Waals surface area contributed by atoms with Gasteiger partial charge in [-0.25, -0.2) is 4.98 Å². The topological polar surface area (TPSA) is 98.6 Å². The first kappa shape index (κ1) is 15.4. The van der Waals surface area contributed by atoms with Crippen molar-refractivity contribution in [2.24, 2.45) is 0 Å². The van der Waals surface area contributed by atoms with E-state index in [1.807, 2.05) is 0 Å². The normalized spacial score (nSPS) is 28.4. The van der Waals surface area contributed by atoms with Gasteiger partial charge in [-0.15, -0.1) is 0 Å². The highest BCUT2D eigenvalue weighted by Gasteiger charge is 2.43. The van der Waals surface area contributed by atoms with Crippen LogP contribution in [0.5, 0.6) is 0 Å². The van der Waals surface area contributed by atoms with Crippen LogP contribution in [0.15, 0.2) is 12.1 Å². The molecule has 4 atom stereocenters. The standard InChI is InChI=1S/C14H15FN2O4S/c1-5-2-6-3-7(14(22)17-13(6)16-12(5)15)11-10(20)9(19)8(4-18)21-11/h2-3,8-11,18-20H,4H2,1H3,(H,16,17,22)/t8-,9?,10+,11+/m1/s1. The molecule has 6 nitrogen and oxygen atoms in total. The second-order valence-corrected chi connectivity index (χ2v) is 5.75. The maximum Gasteiger partial charge on any atom is 0.217 e. The Hall–Kier alpha value is -1.45. The van der Waals surface area contributed by atoms with E-state index in [0.29, 0.717) is 22.2 Å². The monoisotopic (exact) mass is 326 g/mol. The van der Waals surface area contributed by atoms with E-state index in [4.69, 9.17) is 22.1 Å². The number of hydrogen-bond donors (Lipinski definition) is 4. The van der Waals surface area contributed by atoms with Crippen molar-refractivity contribution in [2.75, 3.05) is 6.61 Å². The summed E-state index contributed by atoms with van der Waals surface area (Å²) in [6.45, 7) is 1.18. The van der Waals surface area contributed by atoms with Crippen molar-refractivity contribution in [3.05, 3.63) is 33.8 Å². The number of aliphatic hydroxyl groups is 3. The van der Waals surface area contributed by atoms with Crippen molar-refractivity contribution in [1.29, 1.82) is 0 Å². The van der Waals surface area contributed by atoms with Crippen molar-refractivity contribution in [3.8, 4) is 0 Å². The summed E-state index contributed by atoms with van der Waals surface area (Å²) in [7, 11) is 0. The van der Waals surface area contributed by atoms with E-state index in [-0.39, 0.29) is 4.64 Å². The number of aromatic nitrogens is 2. The first-order chi connectivity index (χ1) is 10.4. The summed E-state index contributed by atoms with van der Waals surface area (Å²) >= 11 is 5.21. The quantitative estimate of drug-likeness (QED) is 0.483. The van der Waals surface area contributed by atoms with Gasteiger partial charge in [-0.3, -0.25) is 0 Å². The van der Waals surface area contributed by atoms with Gasteiger partial charge >= 0.3 is 0 Å². The molecular formula is C14H15FN2O4S. The Morgan fingerprint density at radius 1 is 1.36 bits per heavy atom. The van der Waals surface area contributed by atoms with E-state index in [1.54, 1.807) is 19.1 Å². The van der Waals surface area contributed by atoms with Gasteiger partial charge in [0.1, 0.15) is 34.7 Å². The molecule has 118 valence electrons. The smallest absolute Gasteiger partial charge is 0.217 e. The summed E-state index contributed by atoms with van der Waals surface area (Å²) in [6.07, 6.45) is -4.16. The third kappa shape index (κ3) is 2.42. The van der Waals surface area contributed by atoms with Crippen LogP contribution >= 0.6 is 12.2 Å². The van der Waals surface area contributed by atoms with Gasteiger partial charge in [-0.1, -0.05) is 12.2 Å². The highest BCUT2D eigenvalue weighted by molar-refractivity contribution is 7.71. The van der Waals surface area contributed by atoms with E-state index in [0.717, 1.165) is 0 Å². The molecule has 1 aliphatic heterocycles. The fourth-order valence-corrected chi connectivity index (χ4v) is 2.87. The van der Waals surface area contributed by atoms with Crippen LogP contribution in [0.1, 0.15) is 17.2 Å². The molecule has 0 aliphatic carbocycles. The van der Waals surface area contributed by atoms with Crippen molar-refractivity contribution in [2.45, 2.75) is 31.3 Å². The summed E-state index contributed by atoms with van der Waals surface area (Å²) in [5.74, 6) is -0.584. The minimum Gasteiger partial charge on any atom is -0.394 e. The molecule has 1 unspecified atom stereocenters. The van der Waals surface area contributed by atoms with E-state index in [2.05, 4.69) is 9.97 Å². The Morgan fingerprint density at radius 2 is 2.09 bits per heavy atom. The molecule has 8 heteroatoms. The highest BCUT2D eigenvalue weighted by Crippen LogP contribution is 2.34. The number of nitrogens with zero attached hydrogens (tertiary/aromatic N) is 1. The number of H-pyrrole nitrogens is 1. The number of aromatic amines is 1. The number of ether oxygens (including phenoxy) is 1. The zero-order valence-corrected chi connectivity index (χ0v) is 12.5. The van der Waals surface area contributed by atoms with Crippen LogP contribution in [0, 0.1) is 17.5 Å². The summed E-state index contributed by atoms with van der Waals surface area (Å²) in [5.41, 5.74) is 1.13. The number of rotatable bonds is 2. The molecule has 1 saturated heterocycles. The largest absolute Gasteiger partial charge is 0.394 e. The van der Waals surface area contributed by atoms with Gasteiger partial charge < -0.3 is 25.0 Å². The molecule has 0 radical (unpaired) electrons. The minimum atomic E-state index is -1.21. The number of fused-ring (bicyclic) bond motifs is 1. The molecule has 0 amide bonds. The third-order valence-electron chi connectivity index (χ3n) is 3.83. The van der Waals surface area contributed by atoms with Crippen molar-refractivity contribution >= 4 is 23.3 Å². The van der Waals surface area contributed by atoms with Crippen LogP contribution in [0.4, 0.5) is 4.39 Å². The first-order valence-corrected chi connectivity index (χ1v) is 7.15. The molecule has 2 aromatic rings. The SMILES string of the molecule is Cc1cc2cc([C@@H]3O[C@H](CO)C(O)[C@@H]3O)c(=S)[nH]c2nc1F. The number of aliphatic hydroxyl groups excluding tert-OH is 3. The lowest BCUT2D eigenvalue weighted by Gasteiger charge is -2.16. The molecule has 22 heavy (non-hydrogen) atoms. The van der Waals surface area contributed by atoms with Crippen molar-refractivity contribution in [3.63, 3.8) is 0 Å². The first-order valence-electron chi connectivity index (χ1n) is 6.75. The molecule has 1 aliphatic rings. The summed E-state index contributed by atoms with van der Waals surface area (Å²) in [5, 5.41) is 29.7. The summed E-state index contributed by atoms with van der Waals surface area (Å²) in [6, 6.07) is 3.25. The molecule has 1 fully saturated rings. The van der Waals surface area contributed by atoms with Gasteiger partial charge in [-0.05, 0) is 19.1 Å². The molecule has 0 bridgehead atoms. The Bertz CT molecular complexity index is 781. The number of halogens is 1. The second kappa shape index (κ2) is 5.64. The van der Waals surface area contributed by atoms with Crippen molar-refractivity contribution in [1.82, 2.24) is 9.97 Å². The summed E-state index contributed by atoms with van der Waals surface area (Å²) in [4.78, 5) is 6.59. The molecule has 0 saturated carbocycles. The van der Waals surface area contributed by atoms with Crippen molar-refractivity contribution < 1.29 is 24.4 Å². The Kier molecular flexibility index (Phi) is 3.96. The van der Waals surface area contributed by atoms with Gasteiger partial charge in [0.25, 0.3) is 0 Å². The number of hydrogen-bond acceptors (Lipinski definition) is 6. The van der Waals surface area contributed by atoms with E-state index < -0.39 is 37.0 Å². The average molecular weight is 326 g/mol. The van der Waals surface area contributed by atoms with Gasteiger partial charge in [0, 0.05) is 16.5 Å². The molecule has 0 spiro atoms. The third-order valence-corrected chi connectivity index (χ3v) is 4.17. The van der Waals surface area contributed by atoms with Gasteiger partial charge in [-0.2, -0.15) is 4.39 Å². The van der Waals surface area contributed by atoms with Crippen LogP contribution in [0.2, 0.25) is 0 Å². The van der Waals surface area contributed by atoms with Gasteiger partial charge in [0.15, 0.2) is 0 Å². The minimum absolute atomic E-state index is 0.234. The summed E-state index contributed by atoms with van der Waals surface area (Å²) < 4.78 is 19.2. The predicted molar refractivity (Wildman–Crippen MR) is 78.3 cm³/mol. The fourth-order valence-electron chi connectivity index (χ4n) is 2.60. The van der Waals surface area contributed by atoms with Crippen LogP contribution < -0.4 is 0 Å². The Balaban J connectivity index is 2.10. The fraction of sp³-hybridized carbons (Fsp3) is 0.429. The maximum atomic E-state index is 13.5. The number of aryl methyl sites for hydroxylation is 1. The maximum absolute atomic E-state index is 13.5. The van der Waals surface area contributed by atoms with Crippen LogP contribution in [0.25, 0.3) is 11.0 Å². The lowest BCUT2D eigenvalue weighted by atomic mass is 10.0. The van der Waals surface area contributed by atoms with E-state index in [9.17, 15) is 14.6 Å². The molecule has 3 heterocycles. The number of pyridine rings is 2. The van der Waals surface area contributed by atoms with Crippen LogP contribution in [-0.2, 0) is 4.74 Å². The van der Waals surface area contributed by atoms with Gasteiger partial charge in [0.2, 0.25) is 5.95 Å². The second-order valence-electron chi connectivity index (χ2n) is 5.35. The number of nitrogens with one attached hydrogen (secondary N) is 1. The lowest BCUT2D eigenvalue weighted by Crippen LogP contribution is -2.32. The lowest BCUT2D eigenvalue weighted by molar-refractivity contribution is -0.0229. The molecular weight excluding hydrogens is 311 g/mol. The van der Waals surface area contributed by atoms with E-state index >= 15 is 0 Å². The average Bonchev–Trinajstić information content (AvgIpc) is 2.76. The van der Waals surface area contributed by atoms with Gasteiger partial charge in [0.05, 0.1) is 6.61 Å².